The number of amides is 1. The molecule has 0 spiro atoms. The fraction of sp³-hybridized carbons (Fsp3) is 0.500. The molecule has 1 fully saturated rings. The Morgan fingerprint density at radius 3 is 2.94 bits per heavy atom. The van der Waals surface area contributed by atoms with Crippen molar-refractivity contribution in [3.63, 3.8) is 0 Å². The lowest BCUT2D eigenvalue weighted by atomic mass is 9.96. The van der Waals surface area contributed by atoms with E-state index in [9.17, 15) is 4.79 Å². The predicted octanol–water partition coefficient (Wildman–Crippen LogP) is 1.28. The first kappa shape index (κ1) is 12.1. The van der Waals surface area contributed by atoms with Crippen LogP contribution < -0.4 is 5.32 Å². The van der Waals surface area contributed by atoms with Gasteiger partial charge in [0.15, 0.2) is 0 Å². The van der Waals surface area contributed by atoms with Crippen molar-refractivity contribution < 1.29 is 4.79 Å². The van der Waals surface area contributed by atoms with Crippen LogP contribution >= 0.6 is 0 Å². The number of aryl methyl sites for hydroxylation is 1. The lowest BCUT2D eigenvalue weighted by molar-refractivity contribution is -0.133. The van der Waals surface area contributed by atoms with E-state index in [0.29, 0.717) is 6.54 Å². The monoisotopic (exact) mass is 232 g/mol. The molecule has 1 aliphatic heterocycles. The van der Waals surface area contributed by atoms with Crippen molar-refractivity contribution >= 4 is 5.91 Å². The highest BCUT2D eigenvalue weighted by molar-refractivity contribution is 5.79. The van der Waals surface area contributed by atoms with E-state index < -0.39 is 0 Å². The maximum absolute atomic E-state index is 11.6. The molecule has 1 unspecified atom stereocenters. The molecule has 1 saturated heterocycles. The molecule has 0 aliphatic carbocycles. The number of nitrogens with one attached hydrogen (secondary N) is 1. The van der Waals surface area contributed by atoms with Gasteiger partial charge in [-0.3, -0.25) is 4.79 Å². The van der Waals surface area contributed by atoms with Gasteiger partial charge in [0.05, 0.1) is 6.54 Å². The first-order chi connectivity index (χ1) is 8.09. The molecule has 3 heteroatoms. The number of rotatable bonds is 2. The van der Waals surface area contributed by atoms with E-state index in [1.54, 1.807) is 0 Å². The number of carbonyl (C=O) groups is 1. The highest BCUT2D eigenvalue weighted by Crippen LogP contribution is 2.17. The topological polar surface area (TPSA) is 32.3 Å². The molecule has 3 nitrogen and oxygen atoms in total. The number of nitrogens with zero attached hydrogens (tertiary/aromatic N) is 1. The summed E-state index contributed by atoms with van der Waals surface area (Å²) in [7, 11) is 1.90. The molecule has 0 aromatic heterocycles. The van der Waals surface area contributed by atoms with E-state index in [4.69, 9.17) is 0 Å². The quantitative estimate of drug-likeness (QED) is 0.833. The minimum absolute atomic E-state index is 0.187. The Morgan fingerprint density at radius 2 is 2.18 bits per heavy atom. The first-order valence-electron chi connectivity index (χ1n) is 6.11. The summed E-state index contributed by atoms with van der Waals surface area (Å²) in [5, 5.41) is 3.18. The third-order valence-electron chi connectivity index (χ3n) is 3.77. The van der Waals surface area contributed by atoms with E-state index in [-0.39, 0.29) is 11.9 Å². The number of carbonyl (C=O) groups excluding carboxylic acids is 1. The third-order valence-corrected chi connectivity index (χ3v) is 3.77. The van der Waals surface area contributed by atoms with Gasteiger partial charge in [-0.15, -0.1) is 0 Å². The highest BCUT2D eigenvalue weighted by Gasteiger charge is 2.24. The van der Waals surface area contributed by atoms with Crippen LogP contribution in [0.4, 0.5) is 0 Å². The summed E-state index contributed by atoms with van der Waals surface area (Å²) >= 11 is 0. The van der Waals surface area contributed by atoms with Crippen molar-refractivity contribution in [3.05, 3.63) is 34.9 Å². The zero-order chi connectivity index (χ0) is 12.4. The van der Waals surface area contributed by atoms with Crippen LogP contribution in [0.3, 0.4) is 0 Å². The molecule has 92 valence electrons. The molecular formula is C14H20N2O. The molecule has 1 amide bonds. The van der Waals surface area contributed by atoms with Crippen LogP contribution in [0.5, 0.6) is 0 Å². The number of likely N-dealkylation sites (N-methyl/N-ethyl adjacent to an activating group) is 1. The van der Waals surface area contributed by atoms with Gasteiger partial charge in [0, 0.05) is 19.6 Å². The fourth-order valence-electron chi connectivity index (χ4n) is 2.31. The zero-order valence-corrected chi connectivity index (χ0v) is 10.8. The molecule has 0 radical (unpaired) electrons. The summed E-state index contributed by atoms with van der Waals surface area (Å²) in [6, 6.07) is 6.66. The Hall–Kier alpha value is -1.35. The molecule has 17 heavy (non-hydrogen) atoms. The van der Waals surface area contributed by atoms with Crippen molar-refractivity contribution in [1.82, 2.24) is 10.2 Å². The predicted molar refractivity (Wildman–Crippen MR) is 69.0 cm³/mol. The van der Waals surface area contributed by atoms with Crippen LogP contribution in [0.1, 0.15) is 16.7 Å². The summed E-state index contributed by atoms with van der Waals surface area (Å²) in [5.41, 5.74) is 4.01. The Morgan fingerprint density at radius 1 is 1.41 bits per heavy atom. The smallest absolute Gasteiger partial charge is 0.236 e. The van der Waals surface area contributed by atoms with Gasteiger partial charge >= 0.3 is 0 Å². The summed E-state index contributed by atoms with van der Waals surface area (Å²) in [5.74, 6) is 0.187. The standard InChI is InChI=1S/C14H20N2O/c1-10-5-4-6-12(11(10)2)7-13-8-15-9-14(17)16(13)3/h4-6,13,15H,7-9H2,1-3H3. The van der Waals surface area contributed by atoms with Crippen LogP contribution in [-0.2, 0) is 11.2 Å². The van der Waals surface area contributed by atoms with Crippen LogP contribution in [0.25, 0.3) is 0 Å². The van der Waals surface area contributed by atoms with Crippen LogP contribution in [0.2, 0.25) is 0 Å². The Kier molecular flexibility index (Phi) is 3.48. The molecule has 1 atom stereocenters. The molecule has 2 rings (SSSR count). The molecule has 0 saturated carbocycles. The third kappa shape index (κ3) is 2.50. The molecule has 1 aliphatic rings. The summed E-state index contributed by atoms with van der Waals surface area (Å²) in [6.07, 6.45) is 0.933. The number of hydrogen-bond acceptors (Lipinski definition) is 2. The van der Waals surface area contributed by atoms with Crippen LogP contribution in [0, 0.1) is 13.8 Å². The van der Waals surface area contributed by atoms with Crippen molar-refractivity contribution in [2.24, 2.45) is 0 Å². The Labute approximate surface area is 103 Å². The normalized spacial score (nSPS) is 20.8. The van der Waals surface area contributed by atoms with E-state index in [2.05, 4.69) is 37.4 Å². The number of hydrogen-bond donors (Lipinski definition) is 1. The molecule has 1 N–H and O–H groups in total. The summed E-state index contributed by atoms with van der Waals surface area (Å²) in [4.78, 5) is 13.5. The molecule has 1 aromatic carbocycles. The first-order valence-corrected chi connectivity index (χ1v) is 6.11. The van der Waals surface area contributed by atoms with Gasteiger partial charge < -0.3 is 10.2 Å². The SMILES string of the molecule is Cc1cccc(CC2CNCC(=O)N2C)c1C. The zero-order valence-electron chi connectivity index (χ0n) is 10.8. The van der Waals surface area contributed by atoms with Gasteiger partial charge in [-0.1, -0.05) is 18.2 Å². The minimum atomic E-state index is 0.187. The molecule has 1 aromatic rings. The van der Waals surface area contributed by atoms with Crippen LogP contribution in [0.15, 0.2) is 18.2 Å². The second-order valence-corrected chi connectivity index (χ2v) is 4.85. The number of benzene rings is 1. The molecule has 0 bridgehead atoms. The Bertz CT molecular complexity index is 428. The average Bonchev–Trinajstić information content (AvgIpc) is 2.31. The lowest BCUT2D eigenvalue weighted by Crippen LogP contribution is -2.53. The second-order valence-electron chi connectivity index (χ2n) is 4.85. The highest BCUT2D eigenvalue weighted by atomic mass is 16.2. The second kappa shape index (κ2) is 4.88. The maximum atomic E-state index is 11.6. The van der Waals surface area contributed by atoms with Crippen molar-refractivity contribution in [2.75, 3.05) is 20.1 Å². The Balaban J connectivity index is 2.15. The van der Waals surface area contributed by atoms with Gasteiger partial charge in [-0.25, -0.2) is 0 Å². The largest absolute Gasteiger partial charge is 0.340 e. The number of piperazine rings is 1. The van der Waals surface area contributed by atoms with E-state index >= 15 is 0 Å². The average molecular weight is 232 g/mol. The lowest BCUT2D eigenvalue weighted by Gasteiger charge is -2.33. The van der Waals surface area contributed by atoms with E-state index in [1.165, 1.54) is 16.7 Å². The van der Waals surface area contributed by atoms with Crippen molar-refractivity contribution in [2.45, 2.75) is 26.3 Å². The summed E-state index contributed by atoms with van der Waals surface area (Å²) in [6.45, 7) is 5.64. The minimum Gasteiger partial charge on any atom is -0.340 e. The van der Waals surface area contributed by atoms with Gasteiger partial charge in [0.2, 0.25) is 5.91 Å². The van der Waals surface area contributed by atoms with Crippen molar-refractivity contribution in [1.29, 1.82) is 0 Å². The van der Waals surface area contributed by atoms with Gasteiger partial charge in [0.25, 0.3) is 0 Å². The van der Waals surface area contributed by atoms with E-state index in [1.807, 2.05) is 11.9 Å². The van der Waals surface area contributed by atoms with Gasteiger partial charge in [-0.2, -0.15) is 0 Å². The van der Waals surface area contributed by atoms with Gasteiger partial charge in [0.1, 0.15) is 0 Å². The maximum Gasteiger partial charge on any atom is 0.236 e. The summed E-state index contributed by atoms with van der Waals surface area (Å²) < 4.78 is 0. The van der Waals surface area contributed by atoms with Crippen molar-refractivity contribution in [3.8, 4) is 0 Å². The van der Waals surface area contributed by atoms with E-state index in [0.717, 1.165) is 13.0 Å². The van der Waals surface area contributed by atoms with Crippen LogP contribution in [-0.4, -0.2) is 37.0 Å². The van der Waals surface area contributed by atoms with Gasteiger partial charge in [-0.05, 0) is 37.0 Å². The molecular weight excluding hydrogens is 212 g/mol. The molecule has 1 heterocycles. The fourth-order valence-corrected chi connectivity index (χ4v) is 2.31.